The summed E-state index contributed by atoms with van der Waals surface area (Å²) in [6.07, 6.45) is 2.61. The summed E-state index contributed by atoms with van der Waals surface area (Å²) in [5.74, 6) is 0.654. The number of carbonyl (C=O) groups is 1. The van der Waals surface area contributed by atoms with Crippen molar-refractivity contribution in [3.63, 3.8) is 0 Å². The van der Waals surface area contributed by atoms with Crippen LogP contribution in [0.3, 0.4) is 0 Å². The highest BCUT2D eigenvalue weighted by molar-refractivity contribution is 5.85. The minimum Gasteiger partial charge on any atom is -0.355 e. The minimum absolute atomic E-state index is 0. The third kappa shape index (κ3) is 5.06. The number of imidazole rings is 1. The second-order valence-corrected chi connectivity index (χ2v) is 5.43. The summed E-state index contributed by atoms with van der Waals surface area (Å²) in [5, 5.41) is 6.18. The van der Waals surface area contributed by atoms with Gasteiger partial charge in [0.25, 0.3) is 0 Å². The lowest BCUT2D eigenvalue weighted by atomic mass is 9.99. The first-order valence-electron chi connectivity index (χ1n) is 7.35. The van der Waals surface area contributed by atoms with Crippen molar-refractivity contribution in [3.8, 4) is 0 Å². The van der Waals surface area contributed by atoms with Crippen LogP contribution in [0.5, 0.6) is 0 Å². The third-order valence-corrected chi connectivity index (χ3v) is 3.82. The van der Waals surface area contributed by atoms with Crippen LogP contribution in [-0.4, -0.2) is 35.5 Å². The van der Waals surface area contributed by atoms with E-state index in [1.165, 1.54) is 12.1 Å². The number of piperidine rings is 1. The van der Waals surface area contributed by atoms with Crippen molar-refractivity contribution in [2.24, 2.45) is 5.92 Å². The maximum absolute atomic E-state index is 13.1. The lowest BCUT2D eigenvalue weighted by Crippen LogP contribution is -2.41. The first-order chi connectivity index (χ1) is 10.2. The number of hydrogen-bond donors (Lipinski definition) is 3. The number of hydrogen-bond acceptors (Lipinski definition) is 3. The predicted octanol–water partition coefficient (Wildman–Crippen LogP) is 2.20. The van der Waals surface area contributed by atoms with Crippen molar-refractivity contribution in [3.05, 3.63) is 29.8 Å². The number of halogens is 3. The molecule has 3 N–H and O–H groups in total. The van der Waals surface area contributed by atoms with Gasteiger partial charge in [-0.3, -0.25) is 4.79 Å². The average Bonchev–Trinajstić information content (AvgIpc) is 2.89. The van der Waals surface area contributed by atoms with E-state index in [1.54, 1.807) is 6.07 Å². The van der Waals surface area contributed by atoms with Crippen LogP contribution in [0.4, 0.5) is 4.39 Å². The van der Waals surface area contributed by atoms with Gasteiger partial charge in [-0.2, -0.15) is 0 Å². The quantitative estimate of drug-likeness (QED) is 0.780. The smallest absolute Gasteiger partial charge is 0.224 e. The predicted molar refractivity (Wildman–Crippen MR) is 92.9 cm³/mol. The molecule has 5 nitrogen and oxygen atoms in total. The van der Waals surface area contributed by atoms with Gasteiger partial charge in [-0.15, -0.1) is 24.8 Å². The van der Waals surface area contributed by atoms with E-state index in [0.717, 1.165) is 37.3 Å². The summed E-state index contributed by atoms with van der Waals surface area (Å²) in [4.78, 5) is 19.4. The monoisotopic (exact) mass is 362 g/mol. The molecule has 8 heteroatoms. The molecule has 1 atom stereocenters. The molecule has 2 aromatic rings. The Labute approximate surface area is 146 Å². The number of carbonyl (C=O) groups excluding carboxylic acids is 1. The van der Waals surface area contributed by atoms with Gasteiger partial charge in [0.05, 0.1) is 17.0 Å². The summed E-state index contributed by atoms with van der Waals surface area (Å²) in [6.45, 7) is 2.30. The van der Waals surface area contributed by atoms with E-state index in [2.05, 4.69) is 20.6 Å². The normalized spacial score (nSPS) is 17.2. The van der Waals surface area contributed by atoms with Gasteiger partial charge in [0.1, 0.15) is 11.6 Å². The molecule has 1 aliphatic heterocycles. The van der Waals surface area contributed by atoms with Crippen LogP contribution in [-0.2, 0) is 11.2 Å². The first-order valence-corrected chi connectivity index (χ1v) is 7.35. The summed E-state index contributed by atoms with van der Waals surface area (Å²) in [6, 6.07) is 4.47. The first kappa shape index (κ1) is 19.7. The summed E-state index contributed by atoms with van der Waals surface area (Å²) in [5.41, 5.74) is 1.43. The lowest BCUT2D eigenvalue weighted by Gasteiger charge is -2.21. The Bertz CT molecular complexity index is 643. The number of fused-ring (bicyclic) bond motifs is 1. The SMILES string of the molecule is Cl.Cl.O=C(NCCc1nc2ccc(F)cc2[nH]1)C1CCCNC1. The molecule has 1 aromatic carbocycles. The molecule has 1 fully saturated rings. The van der Waals surface area contributed by atoms with Crippen molar-refractivity contribution in [1.82, 2.24) is 20.6 Å². The van der Waals surface area contributed by atoms with Gasteiger partial charge in [-0.05, 0) is 37.6 Å². The Kier molecular flexibility index (Phi) is 7.75. The fourth-order valence-corrected chi connectivity index (χ4v) is 2.68. The minimum atomic E-state index is -0.282. The van der Waals surface area contributed by atoms with Crippen LogP contribution >= 0.6 is 24.8 Å². The highest BCUT2D eigenvalue weighted by atomic mass is 35.5. The number of aromatic nitrogens is 2. The summed E-state index contributed by atoms with van der Waals surface area (Å²) < 4.78 is 13.1. The third-order valence-electron chi connectivity index (χ3n) is 3.82. The molecule has 1 unspecified atom stereocenters. The molecule has 1 aromatic heterocycles. The van der Waals surface area contributed by atoms with Gasteiger partial charge in [0.15, 0.2) is 0 Å². The van der Waals surface area contributed by atoms with Crippen molar-refractivity contribution >= 4 is 41.8 Å². The van der Waals surface area contributed by atoms with Gasteiger partial charge in [0, 0.05) is 19.5 Å². The molecule has 0 aliphatic carbocycles. The van der Waals surface area contributed by atoms with Crippen LogP contribution in [0.2, 0.25) is 0 Å². The van der Waals surface area contributed by atoms with E-state index < -0.39 is 0 Å². The second kappa shape index (κ2) is 9.05. The van der Waals surface area contributed by atoms with Crippen molar-refractivity contribution < 1.29 is 9.18 Å². The summed E-state index contributed by atoms with van der Waals surface area (Å²) >= 11 is 0. The van der Waals surface area contributed by atoms with Crippen LogP contribution < -0.4 is 10.6 Å². The fourth-order valence-electron chi connectivity index (χ4n) is 2.68. The second-order valence-electron chi connectivity index (χ2n) is 5.43. The number of amides is 1. The zero-order chi connectivity index (χ0) is 14.7. The molecule has 23 heavy (non-hydrogen) atoms. The molecular formula is C15H21Cl2FN4O. The number of aromatic amines is 1. The van der Waals surface area contributed by atoms with Crippen LogP contribution in [0.25, 0.3) is 11.0 Å². The number of rotatable bonds is 4. The standard InChI is InChI=1S/C15H19FN4O.2ClH/c16-11-3-4-12-13(8-11)20-14(19-12)5-7-18-15(21)10-2-1-6-17-9-10;;/h3-4,8,10,17H,1-2,5-7,9H2,(H,18,21)(H,19,20);2*1H. The highest BCUT2D eigenvalue weighted by Crippen LogP contribution is 2.13. The maximum Gasteiger partial charge on any atom is 0.224 e. The molecule has 0 radical (unpaired) electrons. The topological polar surface area (TPSA) is 69.8 Å². The van der Waals surface area contributed by atoms with Crippen LogP contribution in [0.15, 0.2) is 18.2 Å². The van der Waals surface area contributed by atoms with Crippen molar-refractivity contribution in [2.75, 3.05) is 19.6 Å². The van der Waals surface area contributed by atoms with Gasteiger partial charge in [-0.25, -0.2) is 9.37 Å². The zero-order valence-electron chi connectivity index (χ0n) is 12.6. The fraction of sp³-hybridized carbons (Fsp3) is 0.467. The van der Waals surface area contributed by atoms with E-state index in [9.17, 15) is 9.18 Å². The van der Waals surface area contributed by atoms with Gasteiger partial charge < -0.3 is 15.6 Å². The Morgan fingerprint density at radius 2 is 2.22 bits per heavy atom. The van der Waals surface area contributed by atoms with Crippen molar-refractivity contribution in [2.45, 2.75) is 19.3 Å². The van der Waals surface area contributed by atoms with E-state index in [0.29, 0.717) is 18.5 Å². The zero-order valence-corrected chi connectivity index (χ0v) is 14.2. The Morgan fingerprint density at radius 3 is 2.96 bits per heavy atom. The van der Waals surface area contributed by atoms with E-state index in [1.807, 2.05) is 0 Å². The number of H-pyrrole nitrogens is 1. The molecule has 1 aliphatic rings. The molecule has 0 saturated carbocycles. The Morgan fingerprint density at radius 1 is 1.39 bits per heavy atom. The van der Waals surface area contributed by atoms with E-state index in [4.69, 9.17) is 0 Å². The summed E-state index contributed by atoms with van der Waals surface area (Å²) in [7, 11) is 0. The molecular weight excluding hydrogens is 342 g/mol. The molecule has 0 spiro atoms. The molecule has 3 rings (SSSR count). The Hall–Kier alpha value is -1.37. The van der Waals surface area contributed by atoms with E-state index >= 15 is 0 Å². The lowest BCUT2D eigenvalue weighted by molar-refractivity contribution is -0.125. The molecule has 128 valence electrons. The Balaban J connectivity index is 0.00000132. The van der Waals surface area contributed by atoms with E-state index in [-0.39, 0.29) is 42.5 Å². The van der Waals surface area contributed by atoms with Crippen LogP contribution in [0.1, 0.15) is 18.7 Å². The molecule has 1 saturated heterocycles. The highest BCUT2D eigenvalue weighted by Gasteiger charge is 2.20. The van der Waals surface area contributed by atoms with Gasteiger partial charge >= 0.3 is 0 Å². The number of benzene rings is 1. The number of nitrogens with zero attached hydrogens (tertiary/aromatic N) is 1. The van der Waals surface area contributed by atoms with Crippen LogP contribution in [0, 0.1) is 11.7 Å². The largest absolute Gasteiger partial charge is 0.355 e. The van der Waals surface area contributed by atoms with Gasteiger partial charge in [0.2, 0.25) is 5.91 Å². The average molecular weight is 363 g/mol. The maximum atomic E-state index is 13.1. The van der Waals surface area contributed by atoms with Gasteiger partial charge in [-0.1, -0.05) is 0 Å². The molecule has 2 heterocycles. The van der Waals surface area contributed by atoms with Crippen molar-refractivity contribution in [1.29, 1.82) is 0 Å². The molecule has 0 bridgehead atoms. The number of nitrogens with one attached hydrogen (secondary N) is 3. The molecule has 1 amide bonds.